The molecule has 0 aliphatic heterocycles. The van der Waals surface area contributed by atoms with Gasteiger partial charge in [-0.1, -0.05) is 0 Å². The molecule has 2 N–H and O–H groups in total. The van der Waals surface area contributed by atoms with Gasteiger partial charge < -0.3 is 10.2 Å². The third kappa shape index (κ3) is 1.63. The van der Waals surface area contributed by atoms with E-state index in [9.17, 15) is 14.9 Å². The van der Waals surface area contributed by atoms with E-state index in [1.165, 1.54) is 6.92 Å². The molecule has 0 aliphatic carbocycles. The first-order valence-corrected chi connectivity index (χ1v) is 3.64. The Morgan fingerprint density at radius 1 is 1.50 bits per heavy atom. The summed E-state index contributed by atoms with van der Waals surface area (Å²) in [5.74, 6) is -1.71. The van der Waals surface area contributed by atoms with Gasteiger partial charge in [0, 0.05) is 12.1 Å². The van der Waals surface area contributed by atoms with Gasteiger partial charge in [-0.2, -0.15) is 0 Å². The number of benzene rings is 1. The highest BCUT2D eigenvalue weighted by Gasteiger charge is 2.21. The summed E-state index contributed by atoms with van der Waals surface area (Å²) in [6, 6.07) is 1.90. The molecule has 0 atom stereocenters. The molecule has 1 aromatic carbocycles. The zero-order valence-corrected chi connectivity index (χ0v) is 7.22. The number of rotatable bonds is 2. The van der Waals surface area contributed by atoms with Crippen molar-refractivity contribution in [3.63, 3.8) is 0 Å². The molecule has 0 saturated carbocycles. The van der Waals surface area contributed by atoms with Gasteiger partial charge in [0.25, 0.3) is 5.69 Å². The Morgan fingerprint density at radius 3 is 2.50 bits per heavy atom. The number of aromatic carboxylic acids is 1. The second-order valence-electron chi connectivity index (χ2n) is 2.72. The Kier molecular flexibility index (Phi) is 2.37. The third-order valence-corrected chi connectivity index (χ3v) is 1.74. The van der Waals surface area contributed by atoms with Crippen molar-refractivity contribution in [3.8, 4) is 5.75 Å². The average Bonchev–Trinajstić information content (AvgIpc) is 2.08. The van der Waals surface area contributed by atoms with Crippen LogP contribution in [0.2, 0.25) is 0 Å². The monoisotopic (exact) mass is 197 g/mol. The van der Waals surface area contributed by atoms with Crippen molar-refractivity contribution >= 4 is 11.7 Å². The van der Waals surface area contributed by atoms with E-state index in [-0.39, 0.29) is 11.3 Å². The highest BCUT2D eigenvalue weighted by atomic mass is 16.6. The van der Waals surface area contributed by atoms with Crippen LogP contribution < -0.4 is 0 Å². The number of nitrogens with zero attached hydrogens (tertiary/aromatic N) is 1. The first-order chi connectivity index (χ1) is 6.43. The van der Waals surface area contributed by atoms with Crippen LogP contribution in [0, 0.1) is 17.0 Å². The lowest BCUT2D eigenvalue weighted by Gasteiger charge is -2.01. The molecule has 0 bridgehead atoms. The van der Waals surface area contributed by atoms with E-state index in [1.54, 1.807) is 0 Å². The number of phenols is 1. The molecule has 0 heterocycles. The molecule has 0 amide bonds. The number of aryl methyl sites for hydroxylation is 1. The lowest BCUT2D eigenvalue weighted by molar-refractivity contribution is -0.385. The third-order valence-electron chi connectivity index (χ3n) is 1.74. The van der Waals surface area contributed by atoms with Crippen LogP contribution in [-0.2, 0) is 0 Å². The largest absolute Gasteiger partial charge is 0.508 e. The standard InChI is InChI=1S/C8H7NO5/c1-4-2-6(9(13)14)5(8(11)12)3-7(4)10/h2-3,10H,1H3,(H,11,12). The summed E-state index contributed by atoms with van der Waals surface area (Å²) in [5, 5.41) is 28.2. The normalized spacial score (nSPS) is 9.79. The van der Waals surface area contributed by atoms with Crippen LogP contribution >= 0.6 is 0 Å². The molecule has 0 aliphatic rings. The van der Waals surface area contributed by atoms with Crippen molar-refractivity contribution in [1.82, 2.24) is 0 Å². The quantitative estimate of drug-likeness (QED) is 0.549. The molecular formula is C8H7NO5. The SMILES string of the molecule is Cc1cc([N+](=O)[O-])c(C(=O)O)cc1O. The maximum absolute atomic E-state index is 10.6. The van der Waals surface area contributed by atoms with Crippen molar-refractivity contribution in [2.75, 3.05) is 0 Å². The van der Waals surface area contributed by atoms with Gasteiger partial charge in [-0.05, 0) is 12.5 Å². The average molecular weight is 197 g/mol. The number of carboxylic acid groups (broad SMARTS) is 1. The molecule has 6 nitrogen and oxygen atoms in total. The zero-order chi connectivity index (χ0) is 10.9. The summed E-state index contributed by atoms with van der Waals surface area (Å²) in [7, 11) is 0. The van der Waals surface area contributed by atoms with E-state index >= 15 is 0 Å². The Bertz CT molecular complexity index is 373. The smallest absolute Gasteiger partial charge is 0.342 e. The predicted octanol–water partition coefficient (Wildman–Crippen LogP) is 1.31. The van der Waals surface area contributed by atoms with Crippen LogP contribution in [-0.4, -0.2) is 21.1 Å². The highest BCUT2D eigenvalue weighted by molar-refractivity contribution is 5.93. The fourth-order valence-electron chi connectivity index (χ4n) is 1.00. The van der Waals surface area contributed by atoms with Crippen molar-refractivity contribution < 1.29 is 19.9 Å². The molecular weight excluding hydrogens is 190 g/mol. The van der Waals surface area contributed by atoms with E-state index in [1.807, 2.05) is 0 Å². The fraction of sp³-hybridized carbons (Fsp3) is 0.125. The molecule has 14 heavy (non-hydrogen) atoms. The van der Waals surface area contributed by atoms with E-state index in [0.29, 0.717) is 0 Å². The second kappa shape index (κ2) is 3.33. The van der Waals surface area contributed by atoms with Crippen LogP contribution in [0.4, 0.5) is 5.69 Å². The molecule has 1 rings (SSSR count). The molecule has 0 spiro atoms. The topological polar surface area (TPSA) is 101 Å². The van der Waals surface area contributed by atoms with Crippen LogP contribution in [0.1, 0.15) is 15.9 Å². The lowest BCUT2D eigenvalue weighted by Crippen LogP contribution is -2.02. The Balaban J connectivity index is 3.46. The molecule has 1 aromatic rings. The molecule has 0 radical (unpaired) electrons. The molecule has 74 valence electrons. The van der Waals surface area contributed by atoms with Crippen LogP contribution in [0.15, 0.2) is 12.1 Å². The van der Waals surface area contributed by atoms with Crippen molar-refractivity contribution in [3.05, 3.63) is 33.4 Å². The molecule has 0 saturated heterocycles. The number of hydrogen-bond acceptors (Lipinski definition) is 4. The van der Waals surface area contributed by atoms with E-state index in [2.05, 4.69) is 0 Å². The summed E-state index contributed by atoms with van der Waals surface area (Å²) in [6.45, 7) is 1.45. The van der Waals surface area contributed by atoms with Gasteiger partial charge in [-0.25, -0.2) is 4.79 Å². The van der Waals surface area contributed by atoms with Gasteiger partial charge >= 0.3 is 5.97 Å². The van der Waals surface area contributed by atoms with Crippen molar-refractivity contribution in [2.45, 2.75) is 6.92 Å². The maximum Gasteiger partial charge on any atom is 0.342 e. The van der Waals surface area contributed by atoms with Crippen molar-refractivity contribution in [2.24, 2.45) is 0 Å². The fourth-order valence-corrected chi connectivity index (χ4v) is 1.00. The van der Waals surface area contributed by atoms with Gasteiger partial charge in [-0.15, -0.1) is 0 Å². The zero-order valence-electron chi connectivity index (χ0n) is 7.22. The Labute approximate surface area is 78.6 Å². The number of carboxylic acids is 1. The molecule has 0 unspecified atom stereocenters. The van der Waals surface area contributed by atoms with Crippen LogP contribution in [0.5, 0.6) is 5.75 Å². The number of hydrogen-bond donors (Lipinski definition) is 2. The lowest BCUT2D eigenvalue weighted by atomic mass is 10.1. The summed E-state index contributed by atoms with van der Waals surface area (Å²) in [6.07, 6.45) is 0. The van der Waals surface area contributed by atoms with Gasteiger partial charge in [0.05, 0.1) is 4.92 Å². The molecule has 6 heteroatoms. The minimum atomic E-state index is -1.44. The number of nitro benzene ring substituents is 1. The number of carbonyl (C=O) groups is 1. The van der Waals surface area contributed by atoms with Gasteiger partial charge in [0.15, 0.2) is 0 Å². The van der Waals surface area contributed by atoms with Gasteiger partial charge in [0.1, 0.15) is 11.3 Å². The van der Waals surface area contributed by atoms with Crippen molar-refractivity contribution in [1.29, 1.82) is 0 Å². The van der Waals surface area contributed by atoms with Crippen LogP contribution in [0.25, 0.3) is 0 Å². The van der Waals surface area contributed by atoms with Crippen LogP contribution in [0.3, 0.4) is 0 Å². The summed E-state index contributed by atoms with van der Waals surface area (Å²) in [5.41, 5.74) is -0.771. The number of aromatic hydroxyl groups is 1. The summed E-state index contributed by atoms with van der Waals surface area (Å²) < 4.78 is 0. The van der Waals surface area contributed by atoms with Gasteiger partial charge in [-0.3, -0.25) is 10.1 Å². The van der Waals surface area contributed by atoms with E-state index in [4.69, 9.17) is 10.2 Å². The Hall–Kier alpha value is -2.11. The molecule has 0 aromatic heterocycles. The maximum atomic E-state index is 10.6. The number of phenolic OH excluding ortho intramolecular Hbond substituents is 1. The first-order valence-electron chi connectivity index (χ1n) is 3.64. The highest BCUT2D eigenvalue weighted by Crippen LogP contribution is 2.27. The first kappa shape index (κ1) is 9.97. The summed E-state index contributed by atoms with van der Waals surface area (Å²) in [4.78, 5) is 20.2. The second-order valence-corrected chi connectivity index (χ2v) is 2.72. The van der Waals surface area contributed by atoms with Gasteiger partial charge in [0.2, 0.25) is 0 Å². The Morgan fingerprint density at radius 2 is 2.07 bits per heavy atom. The minimum absolute atomic E-state index is 0.265. The van der Waals surface area contributed by atoms with E-state index in [0.717, 1.165) is 12.1 Å². The molecule has 0 fully saturated rings. The van der Waals surface area contributed by atoms with E-state index < -0.39 is 22.1 Å². The number of nitro groups is 1. The summed E-state index contributed by atoms with van der Waals surface area (Å²) >= 11 is 0. The predicted molar refractivity (Wildman–Crippen MR) is 46.5 cm³/mol. The minimum Gasteiger partial charge on any atom is -0.508 e.